The second-order valence-electron chi connectivity index (χ2n) is 6.42. The molecule has 2 aromatic rings. The van der Waals surface area contributed by atoms with Gasteiger partial charge in [0, 0.05) is 32.9 Å². The van der Waals surface area contributed by atoms with Crippen LogP contribution in [0.5, 0.6) is 0 Å². The van der Waals surface area contributed by atoms with Crippen LogP contribution >= 0.6 is 0 Å². The lowest BCUT2D eigenvalue weighted by atomic mass is 10.1. The van der Waals surface area contributed by atoms with Gasteiger partial charge in [0.1, 0.15) is 12.2 Å². The Hall–Kier alpha value is -2.60. The maximum Gasteiger partial charge on any atom is 0.271 e. The van der Waals surface area contributed by atoms with Crippen LogP contribution < -0.4 is 0 Å². The number of aryl methyl sites for hydroxylation is 1. The lowest BCUT2D eigenvalue weighted by molar-refractivity contribution is -0.131. The second kappa shape index (κ2) is 7.53. The van der Waals surface area contributed by atoms with Gasteiger partial charge >= 0.3 is 0 Å². The fraction of sp³-hybridized carbons (Fsp3) is 0.368. The van der Waals surface area contributed by atoms with E-state index in [1.165, 1.54) is 4.90 Å². The monoisotopic (exact) mass is 341 g/mol. The Balaban J connectivity index is 1.67. The highest BCUT2D eigenvalue weighted by molar-refractivity contribution is 5.95. The predicted octanol–water partition coefficient (Wildman–Crippen LogP) is 0.913. The first-order valence-corrected chi connectivity index (χ1v) is 8.45. The highest BCUT2D eigenvalue weighted by Crippen LogP contribution is 2.12. The van der Waals surface area contributed by atoms with Crippen LogP contribution in [0.25, 0.3) is 0 Å². The highest BCUT2D eigenvalue weighted by Gasteiger charge is 2.30. The van der Waals surface area contributed by atoms with E-state index < -0.39 is 6.10 Å². The Morgan fingerprint density at radius 2 is 1.92 bits per heavy atom. The van der Waals surface area contributed by atoms with Crippen LogP contribution in [-0.4, -0.2) is 63.6 Å². The number of carbonyl (C=O) groups is 2. The van der Waals surface area contributed by atoms with Crippen LogP contribution in [0.2, 0.25) is 0 Å². The molecule has 0 saturated carbocycles. The van der Waals surface area contributed by atoms with Gasteiger partial charge in [0.05, 0.1) is 6.10 Å². The van der Waals surface area contributed by atoms with Crippen LogP contribution in [-0.2, 0) is 18.3 Å². The number of carbonyl (C=O) groups excluding carboxylic acids is 2. The number of β-amino-alcohol motifs (C(OH)–C–C–N with tert-alkyl or cyclic N) is 1. The standard InChI is InChI=1S/C19H23N3O3/c1-20-10-5-8-17(20)19(25)22-13-16(23)12-21(18(24)14-22)11-9-15-6-3-2-4-7-15/h2-8,10,16,23H,9,11-14H2,1H3. The molecular weight excluding hydrogens is 318 g/mol. The van der Waals surface area contributed by atoms with Gasteiger partial charge in [-0.2, -0.15) is 0 Å². The summed E-state index contributed by atoms with van der Waals surface area (Å²) in [6, 6.07) is 13.4. The van der Waals surface area contributed by atoms with Gasteiger partial charge in [-0.25, -0.2) is 0 Å². The molecule has 132 valence electrons. The molecule has 1 aliphatic rings. The Morgan fingerprint density at radius 3 is 2.60 bits per heavy atom. The minimum atomic E-state index is -0.744. The summed E-state index contributed by atoms with van der Waals surface area (Å²) in [5.41, 5.74) is 1.66. The van der Waals surface area contributed by atoms with Crippen molar-refractivity contribution in [1.29, 1.82) is 0 Å². The molecule has 6 heteroatoms. The van der Waals surface area contributed by atoms with E-state index in [0.29, 0.717) is 12.2 Å². The maximum absolute atomic E-state index is 12.6. The Kier molecular flexibility index (Phi) is 5.19. The summed E-state index contributed by atoms with van der Waals surface area (Å²) >= 11 is 0. The fourth-order valence-electron chi connectivity index (χ4n) is 3.12. The smallest absolute Gasteiger partial charge is 0.271 e. The predicted molar refractivity (Wildman–Crippen MR) is 94.0 cm³/mol. The van der Waals surface area contributed by atoms with E-state index in [1.807, 2.05) is 30.3 Å². The molecule has 0 spiro atoms. The lowest BCUT2D eigenvalue weighted by Gasteiger charge is -2.22. The zero-order chi connectivity index (χ0) is 17.8. The highest BCUT2D eigenvalue weighted by atomic mass is 16.3. The molecule has 1 unspecified atom stereocenters. The number of hydrogen-bond acceptors (Lipinski definition) is 3. The number of benzene rings is 1. The van der Waals surface area contributed by atoms with Gasteiger partial charge in [-0.05, 0) is 24.1 Å². The molecule has 0 radical (unpaired) electrons. The third-order valence-electron chi connectivity index (χ3n) is 4.50. The third-order valence-corrected chi connectivity index (χ3v) is 4.50. The molecule has 1 aliphatic heterocycles. The molecule has 2 heterocycles. The quantitative estimate of drug-likeness (QED) is 0.899. The summed E-state index contributed by atoms with van der Waals surface area (Å²) in [6.45, 7) is 0.947. The van der Waals surface area contributed by atoms with Crippen LogP contribution in [0, 0.1) is 0 Å². The molecule has 0 aliphatic carbocycles. The normalized spacial score (nSPS) is 18.3. The molecule has 2 amide bonds. The summed E-state index contributed by atoms with van der Waals surface area (Å²) < 4.78 is 1.72. The Labute approximate surface area is 147 Å². The molecule has 1 N–H and O–H groups in total. The Morgan fingerprint density at radius 1 is 1.16 bits per heavy atom. The van der Waals surface area contributed by atoms with Crippen molar-refractivity contribution < 1.29 is 14.7 Å². The minimum Gasteiger partial charge on any atom is -0.389 e. The van der Waals surface area contributed by atoms with E-state index in [-0.39, 0.29) is 31.4 Å². The molecule has 0 bridgehead atoms. The average Bonchev–Trinajstić information content (AvgIpc) is 2.97. The molecule has 1 aromatic heterocycles. The van der Waals surface area contributed by atoms with Crippen molar-refractivity contribution in [3.05, 3.63) is 59.9 Å². The zero-order valence-corrected chi connectivity index (χ0v) is 14.3. The van der Waals surface area contributed by atoms with E-state index in [0.717, 1.165) is 12.0 Å². The van der Waals surface area contributed by atoms with Crippen LogP contribution in [0.15, 0.2) is 48.7 Å². The molecule has 1 aromatic carbocycles. The summed E-state index contributed by atoms with van der Waals surface area (Å²) in [4.78, 5) is 28.3. The van der Waals surface area contributed by atoms with Gasteiger partial charge in [0.15, 0.2) is 0 Å². The van der Waals surface area contributed by atoms with Crippen molar-refractivity contribution in [3.8, 4) is 0 Å². The van der Waals surface area contributed by atoms with E-state index in [9.17, 15) is 14.7 Å². The molecule has 25 heavy (non-hydrogen) atoms. The van der Waals surface area contributed by atoms with Crippen molar-refractivity contribution in [3.63, 3.8) is 0 Å². The van der Waals surface area contributed by atoms with Gasteiger partial charge < -0.3 is 19.5 Å². The molecule has 1 atom stereocenters. The SMILES string of the molecule is Cn1cccc1C(=O)N1CC(=O)N(CCc2ccccc2)CC(O)C1. The van der Waals surface area contributed by atoms with E-state index >= 15 is 0 Å². The van der Waals surface area contributed by atoms with Gasteiger partial charge in [-0.15, -0.1) is 0 Å². The van der Waals surface area contributed by atoms with Gasteiger partial charge in [0.25, 0.3) is 5.91 Å². The number of hydrogen-bond donors (Lipinski definition) is 1. The van der Waals surface area contributed by atoms with Crippen molar-refractivity contribution in [2.45, 2.75) is 12.5 Å². The van der Waals surface area contributed by atoms with Gasteiger partial charge in [0.2, 0.25) is 5.91 Å². The lowest BCUT2D eigenvalue weighted by Crippen LogP contribution is -2.40. The molecular formula is C19H23N3O3. The molecule has 1 fully saturated rings. The topological polar surface area (TPSA) is 65.8 Å². The zero-order valence-electron chi connectivity index (χ0n) is 14.3. The van der Waals surface area contributed by atoms with Crippen molar-refractivity contribution in [2.75, 3.05) is 26.2 Å². The van der Waals surface area contributed by atoms with Gasteiger partial charge in [-0.1, -0.05) is 30.3 Å². The van der Waals surface area contributed by atoms with E-state index in [2.05, 4.69) is 0 Å². The van der Waals surface area contributed by atoms with Crippen LogP contribution in [0.4, 0.5) is 0 Å². The number of rotatable bonds is 4. The minimum absolute atomic E-state index is 0.00410. The summed E-state index contributed by atoms with van der Waals surface area (Å²) in [7, 11) is 1.79. The second-order valence-corrected chi connectivity index (χ2v) is 6.42. The van der Waals surface area contributed by atoms with Crippen LogP contribution in [0.3, 0.4) is 0 Å². The number of aliphatic hydroxyl groups is 1. The number of aromatic nitrogens is 1. The average molecular weight is 341 g/mol. The first-order valence-electron chi connectivity index (χ1n) is 8.45. The summed E-state index contributed by atoms with van der Waals surface area (Å²) in [5, 5.41) is 10.3. The summed E-state index contributed by atoms with van der Waals surface area (Å²) in [6.07, 6.45) is 1.77. The molecule has 6 nitrogen and oxygen atoms in total. The fourth-order valence-corrected chi connectivity index (χ4v) is 3.12. The summed E-state index contributed by atoms with van der Waals surface area (Å²) in [5.74, 6) is -0.361. The van der Waals surface area contributed by atoms with E-state index in [4.69, 9.17) is 0 Å². The Bertz CT molecular complexity index is 741. The van der Waals surface area contributed by atoms with Crippen molar-refractivity contribution in [1.82, 2.24) is 14.4 Å². The molecule has 1 saturated heterocycles. The van der Waals surface area contributed by atoms with Crippen molar-refractivity contribution >= 4 is 11.8 Å². The largest absolute Gasteiger partial charge is 0.389 e. The first-order chi connectivity index (χ1) is 12.0. The number of aliphatic hydroxyl groups excluding tert-OH is 1. The first kappa shape index (κ1) is 17.2. The van der Waals surface area contributed by atoms with Crippen LogP contribution in [0.1, 0.15) is 16.1 Å². The number of nitrogens with zero attached hydrogens (tertiary/aromatic N) is 3. The van der Waals surface area contributed by atoms with E-state index in [1.54, 1.807) is 34.8 Å². The van der Waals surface area contributed by atoms with Gasteiger partial charge in [-0.3, -0.25) is 9.59 Å². The third kappa shape index (κ3) is 4.09. The number of amides is 2. The maximum atomic E-state index is 12.6. The van der Waals surface area contributed by atoms with Crippen molar-refractivity contribution in [2.24, 2.45) is 7.05 Å². The molecule has 3 rings (SSSR count).